The number of aromatic carboxylic acids is 1. The summed E-state index contributed by atoms with van der Waals surface area (Å²) in [4.78, 5) is 11.3. The van der Waals surface area contributed by atoms with Gasteiger partial charge in [0.2, 0.25) is 0 Å². The van der Waals surface area contributed by atoms with Gasteiger partial charge < -0.3 is 10.8 Å². The highest BCUT2D eigenvalue weighted by Gasteiger charge is 2.13. The zero-order valence-corrected chi connectivity index (χ0v) is 8.73. The van der Waals surface area contributed by atoms with E-state index >= 15 is 0 Å². The lowest BCUT2D eigenvalue weighted by Crippen LogP contribution is -2.00. The first-order chi connectivity index (χ1) is 6.61. The molecule has 0 atom stereocenters. The van der Waals surface area contributed by atoms with Crippen LogP contribution in [0, 0.1) is 0 Å². The van der Waals surface area contributed by atoms with E-state index in [-0.39, 0.29) is 5.56 Å². The molecule has 1 heterocycles. The quantitative estimate of drug-likeness (QED) is 0.516. The summed E-state index contributed by atoms with van der Waals surface area (Å²) in [7, 11) is 0. The molecular weight excluding hydrogens is 218 g/mol. The summed E-state index contributed by atoms with van der Waals surface area (Å²) >= 11 is 5.67. The van der Waals surface area contributed by atoms with Crippen LogP contribution in [0.15, 0.2) is 22.4 Å². The molecule has 1 aromatic carbocycles. The number of rotatable bonds is 1. The lowest BCUT2D eigenvalue weighted by Gasteiger charge is -2.03. The number of benzene rings is 1. The van der Waals surface area contributed by atoms with Crippen LogP contribution < -0.4 is 5.73 Å². The third-order valence-electron chi connectivity index (χ3n) is 1.97. The monoisotopic (exact) mass is 225 g/mol. The number of nitrogens with two attached hydrogens (primary N) is 1. The average molecular weight is 225 g/mol. The fourth-order valence-electron chi connectivity index (χ4n) is 1.32. The Morgan fingerprint density at radius 3 is 2.93 bits per heavy atom. The number of carboxylic acids is 1. The summed E-state index contributed by atoms with van der Waals surface area (Å²) in [6.45, 7) is 0. The first-order valence-corrected chi connectivity index (χ1v) is 5.16. The molecule has 0 unspecified atom stereocenters. The minimum absolute atomic E-state index is 0.150. The lowest BCUT2D eigenvalue weighted by molar-refractivity contribution is 0.0693. The Balaban J connectivity index is 2.88. The molecule has 0 bridgehead atoms. The molecule has 0 aliphatic heterocycles. The van der Waals surface area contributed by atoms with Gasteiger partial charge in [-0.25, -0.2) is 4.79 Å². The van der Waals surface area contributed by atoms with Crippen molar-refractivity contribution in [2.45, 2.75) is 4.90 Å². The standard InChI is InChI=1S/C9H7NO2S2/c10-6-3-5(9(11)12)7(13)4-1-2-14-8(4)6/h1-3,13H,10H2,(H,11,12). The third kappa shape index (κ3) is 1.25. The Morgan fingerprint density at radius 1 is 1.57 bits per heavy atom. The maximum Gasteiger partial charge on any atom is 0.336 e. The number of carboxylic acid groups (broad SMARTS) is 1. The van der Waals surface area contributed by atoms with Gasteiger partial charge in [0.1, 0.15) is 0 Å². The minimum atomic E-state index is -1.00. The molecule has 0 amide bonds. The second kappa shape index (κ2) is 3.18. The lowest BCUT2D eigenvalue weighted by atomic mass is 10.1. The van der Waals surface area contributed by atoms with Crippen molar-refractivity contribution in [3.8, 4) is 0 Å². The van der Waals surface area contributed by atoms with Gasteiger partial charge in [0, 0.05) is 10.3 Å². The van der Waals surface area contributed by atoms with Crippen molar-refractivity contribution >= 4 is 45.7 Å². The summed E-state index contributed by atoms with van der Waals surface area (Å²) in [5.41, 5.74) is 6.36. The Kier molecular flexibility index (Phi) is 2.13. The maximum absolute atomic E-state index is 10.8. The van der Waals surface area contributed by atoms with Gasteiger partial charge in [-0.05, 0) is 17.5 Å². The summed E-state index contributed by atoms with van der Waals surface area (Å²) in [5, 5.41) is 11.6. The van der Waals surface area contributed by atoms with Crippen LogP contribution in [0.5, 0.6) is 0 Å². The van der Waals surface area contributed by atoms with E-state index in [0.29, 0.717) is 10.6 Å². The van der Waals surface area contributed by atoms with Gasteiger partial charge in [-0.2, -0.15) is 0 Å². The van der Waals surface area contributed by atoms with Crippen LogP contribution >= 0.6 is 24.0 Å². The molecule has 2 aromatic rings. The van der Waals surface area contributed by atoms with E-state index in [1.54, 1.807) is 0 Å². The van der Waals surface area contributed by atoms with Crippen LogP contribution in [0.1, 0.15) is 10.4 Å². The largest absolute Gasteiger partial charge is 0.478 e. The molecule has 0 aliphatic carbocycles. The van der Waals surface area contributed by atoms with Crippen molar-refractivity contribution in [3.05, 3.63) is 23.1 Å². The Labute approximate surface area is 89.6 Å². The molecule has 5 heteroatoms. The topological polar surface area (TPSA) is 63.3 Å². The number of hydrogen-bond acceptors (Lipinski definition) is 4. The molecule has 0 fully saturated rings. The van der Waals surface area contributed by atoms with Gasteiger partial charge in [0.05, 0.1) is 16.0 Å². The third-order valence-corrected chi connectivity index (χ3v) is 3.41. The SMILES string of the molecule is Nc1cc(C(=O)O)c(S)c2ccsc12. The van der Waals surface area contributed by atoms with E-state index in [0.717, 1.165) is 10.1 Å². The number of fused-ring (bicyclic) bond motifs is 1. The molecule has 3 N–H and O–H groups in total. The van der Waals surface area contributed by atoms with Crippen LogP contribution in [0.25, 0.3) is 10.1 Å². The Morgan fingerprint density at radius 2 is 2.29 bits per heavy atom. The smallest absolute Gasteiger partial charge is 0.336 e. The predicted molar refractivity (Wildman–Crippen MR) is 60.4 cm³/mol. The fourth-order valence-corrected chi connectivity index (χ4v) is 2.57. The average Bonchev–Trinajstić information content (AvgIpc) is 2.59. The van der Waals surface area contributed by atoms with Crippen LogP contribution in [0.4, 0.5) is 5.69 Å². The van der Waals surface area contributed by atoms with Crippen molar-refractivity contribution in [1.82, 2.24) is 0 Å². The van der Waals surface area contributed by atoms with Crippen molar-refractivity contribution in [3.63, 3.8) is 0 Å². The number of thiol groups is 1. The van der Waals surface area contributed by atoms with E-state index in [2.05, 4.69) is 12.6 Å². The number of nitrogen functional groups attached to an aromatic ring is 1. The number of thiophene rings is 1. The highest BCUT2D eigenvalue weighted by molar-refractivity contribution is 7.80. The van der Waals surface area contributed by atoms with E-state index < -0.39 is 5.97 Å². The highest BCUT2D eigenvalue weighted by Crippen LogP contribution is 2.34. The van der Waals surface area contributed by atoms with E-state index in [9.17, 15) is 4.79 Å². The summed E-state index contributed by atoms with van der Waals surface area (Å²) < 4.78 is 0.889. The number of carbonyl (C=O) groups is 1. The molecule has 14 heavy (non-hydrogen) atoms. The summed E-state index contributed by atoms with van der Waals surface area (Å²) in [6, 6.07) is 3.27. The van der Waals surface area contributed by atoms with Gasteiger partial charge >= 0.3 is 5.97 Å². The molecule has 0 spiro atoms. The van der Waals surface area contributed by atoms with Gasteiger partial charge in [-0.15, -0.1) is 24.0 Å². The zero-order valence-electron chi connectivity index (χ0n) is 7.02. The minimum Gasteiger partial charge on any atom is -0.478 e. The van der Waals surface area contributed by atoms with Crippen molar-refractivity contribution in [2.75, 3.05) is 5.73 Å². The van der Waals surface area contributed by atoms with Crippen LogP contribution in [0.2, 0.25) is 0 Å². The molecule has 0 saturated carbocycles. The molecule has 72 valence electrons. The zero-order chi connectivity index (χ0) is 10.3. The van der Waals surface area contributed by atoms with Crippen molar-refractivity contribution in [1.29, 1.82) is 0 Å². The highest BCUT2D eigenvalue weighted by atomic mass is 32.1. The van der Waals surface area contributed by atoms with Crippen molar-refractivity contribution < 1.29 is 9.90 Å². The van der Waals surface area contributed by atoms with E-state index in [1.165, 1.54) is 17.4 Å². The predicted octanol–water partition coefficient (Wildman–Crippen LogP) is 2.47. The van der Waals surface area contributed by atoms with Crippen LogP contribution in [0.3, 0.4) is 0 Å². The summed E-state index contributed by atoms with van der Waals surface area (Å²) in [5.74, 6) is -1.00. The normalized spacial score (nSPS) is 10.6. The van der Waals surface area contributed by atoms with Gasteiger partial charge in [0.15, 0.2) is 0 Å². The molecule has 0 saturated heterocycles. The fraction of sp³-hybridized carbons (Fsp3) is 0. The Hall–Kier alpha value is -1.20. The van der Waals surface area contributed by atoms with Gasteiger partial charge in [0.25, 0.3) is 0 Å². The first kappa shape index (κ1) is 9.36. The van der Waals surface area contributed by atoms with Crippen LogP contribution in [-0.4, -0.2) is 11.1 Å². The molecule has 1 aromatic heterocycles. The Bertz CT molecular complexity index is 519. The summed E-state index contributed by atoms with van der Waals surface area (Å²) in [6.07, 6.45) is 0. The molecular formula is C9H7NO2S2. The van der Waals surface area contributed by atoms with Gasteiger partial charge in [-0.3, -0.25) is 0 Å². The first-order valence-electron chi connectivity index (χ1n) is 3.83. The number of anilines is 1. The molecule has 3 nitrogen and oxygen atoms in total. The number of hydrogen-bond donors (Lipinski definition) is 3. The van der Waals surface area contributed by atoms with E-state index in [4.69, 9.17) is 10.8 Å². The molecule has 0 radical (unpaired) electrons. The maximum atomic E-state index is 10.8. The molecule has 2 rings (SSSR count). The second-order valence-corrected chi connectivity index (χ2v) is 4.19. The molecule has 0 aliphatic rings. The van der Waals surface area contributed by atoms with Gasteiger partial charge in [-0.1, -0.05) is 0 Å². The van der Waals surface area contributed by atoms with Crippen LogP contribution in [-0.2, 0) is 0 Å². The van der Waals surface area contributed by atoms with E-state index in [1.807, 2.05) is 11.4 Å². The second-order valence-electron chi connectivity index (χ2n) is 2.83. The van der Waals surface area contributed by atoms with Crippen molar-refractivity contribution in [2.24, 2.45) is 0 Å².